The highest BCUT2D eigenvalue weighted by Crippen LogP contribution is 2.38. The van der Waals surface area contributed by atoms with Gasteiger partial charge in [0.2, 0.25) is 5.88 Å². The Hall–Kier alpha value is -2.41. The number of hydrogen-bond donors (Lipinski definition) is 2. The Labute approximate surface area is 146 Å². The van der Waals surface area contributed by atoms with Crippen LogP contribution >= 0.6 is 0 Å². The Morgan fingerprint density at radius 2 is 2.28 bits per heavy atom. The van der Waals surface area contributed by atoms with Crippen LogP contribution in [-0.2, 0) is 6.42 Å². The predicted octanol–water partition coefficient (Wildman–Crippen LogP) is 2.27. The molecule has 0 radical (unpaired) electrons. The zero-order valence-electron chi connectivity index (χ0n) is 14.4. The number of ether oxygens (including phenoxy) is 1. The molecule has 134 valence electrons. The number of pyridine rings is 1. The lowest BCUT2D eigenvalue weighted by molar-refractivity contribution is 0.0233. The molecule has 1 saturated carbocycles. The number of aromatic nitrogens is 2. The van der Waals surface area contributed by atoms with E-state index in [0.717, 1.165) is 18.4 Å². The van der Waals surface area contributed by atoms with E-state index in [-0.39, 0.29) is 29.7 Å². The molecule has 2 aromatic heterocycles. The van der Waals surface area contributed by atoms with E-state index in [1.54, 1.807) is 25.4 Å². The Morgan fingerprint density at radius 3 is 2.88 bits per heavy atom. The van der Waals surface area contributed by atoms with Crippen LogP contribution in [0.25, 0.3) is 0 Å². The summed E-state index contributed by atoms with van der Waals surface area (Å²) in [5.41, 5.74) is 1.15. The number of hydrogen-bond acceptors (Lipinski definition) is 6. The maximum Gasteiger partial charge on any atom is 0.273 e. The molecule has 0 spiro atoms. The summed E-state index contributed by atoms with van der Waals surface area (Å²) >= 11 is 0. The smallest absolute Gasteiger partial charge is 0.273 e. The number of carbonyl (C=O) groups excluding carboxylic acids is 1. The quantitative estimate of drug-likeness (QED) is 0.799. The minimum Gasteiger partial charge on any atom is -0.481 e. The van der Waals surface area contributed by atoms with Gasteiger partial charge in [0, 0.05) is 24.8 Å². The van der Waals surface area contributed by atoms with Gasteiger partial charge in [-0.15, -0.1) is 0 Å². The van der Waals surface area contributed by atoms with Crippen molar-refractivity contribution < 1.29 is 19.2 Å². The van der Waals surface area contributed by atoms with Crippen LogP contribution in [0.4, 0.5) is 0 Å². The highest BCUT2D eigenvalue weighted by molar-refractivity contribution is 5.92. The molecule has 2 heterocycles. The fraction of sp³-hybridized carbons (Fsp3) is 0.500. The van der Waals surface area contributed by atoms with E-state index in [4.69, 9.17) is 9.26 Å². The van der Waals surface area contributed by atoms with Crippen molar-refractivity contribution in [1.29, 1.82) is 0 Å². The summed E-state index contributed by atoms with van der Waals surface area (Å²) in [6.45, 7) is 2.04. The van der Waals surface area contributed by atoms with E-state index in [1.807, 2.05) is 13.0 Å². The fourth-order valence-corrected chi connectivity index (χ4v) is 3.07. The van der Waals surface area contributed by atoms with Gasteiger partial charge in [-0.3, -0.25) is 4.79 Å². The average molecular weight is 345 g/mol. The first-order chi connectivity index (χ1) is 12.1. The van der Waals surface area contributed by atoms with Crippen LogP contribution in [0.1, 0.15) is 54.0 Å². The van der Waals surface area contributed by atoms with Crippen LogP contribution in [0, 0.1) is 5.92 Å². The van der Waals surface area contributed by atoms with Gasteiger partial charge in [-0.2, -0.15) is 0 Å². The average Bonchev–Trinajstić information content (AvgIpc) is 3.06. The lowest BCUT2D eigenvalue weighted by atomic mass is 9.75. The lowest BCUT2D eigenvalue weighted by Crippen LogP contribution is -2.41. The highest BCUT2D eigenvalue weighted by atomic mass is 16.5. The molecule has 3 rings (SSSR count). The van der Waals surface area contributed by atoms with Crippen LogP contribution in [-0.4, -0.2) is 34.4 Å². The molecule has 0 aromatic carbocycles. The molecule has 0 unspecified atom stereocenters. The van der Waals surface area contributed by atoms with E-state index >= 15 is 0 Å². The van der Waals surface area contributed by atoms with Gasteiger partial charge in [-0.1, -0.05) is 18.1 Å². The van der Waals surface area contributed by atoms with Crippen molar-refractivity contribution in [2.24, 2.45) is 5.92 Å². The number of amides is 1. The molecular formula is C18H23N3O4. The molecule has 0 aliphatic heterocycles. The van der Waals surface area contributed by atoms with E-state index in [9.17, 15) is 9.90 Å². The molecule has 7 heteroatoms. The summed E-state index contributed by atoms with van der Waals surface area (Å²) < 4.78 is 10.3. The third-order valence-corrected chi connectivity index (χ3v) is 4.52. The van der Waals surface area contributed by atoms with Crippen molar-refractivity contribution in [1.82, 2.24) is 15.5 Å². The molecule has 1 aliphatic rings. The molecule has 1 aliphatic carbocycles. The van der Waals surface area contributed by atoms with Crippen LogP contribution in [0.15, 0.2) is 28.9 Å². The second-order valence-electron chi connectivity index (χ2n) is 6.40. The van der Waals surface area contributed by atoms with Crippen LogP contribution in [0.2, 0.25) is 0 Å². The zero-order chi connectivity index (χ0) is 17.8. The van der Waals surface area contributed by atoms with Crippen molar-refractivity contribution in [3.8, 4) is 5.88 Å². The number of carbonyl (C=O) groups is 1. The second kappa shape index (κ2) is 7.65. The Bertz CT molecular complexity index is 707. The molecule has 0 bridgehead atoms. The number of aryl methyl sites for hydroxylation is 1. The number of rotatable bonds is 7. The Kier molecular flexibility index (Phi) is 5.33. The third-order valence-electron chi connectivity index (χ3n) is 4.52. The van der Waals surface area contributed by atoms with Crippen LogP contribution in [0.3, 0.4) is 0 Å². The molecule has 1 amide bonds. The van der Waals surface area contributed by atoms with E-state index in [1.165, 1.54) is 0 Å². The molecule has 0 saturated heterocycles. The molecule has 2 aromatic rings. The number of aliphatic hydroxyl groups is 1. The molecule has 7 nitrogen and oxygen atoms in total. The van der Waals surface area contributed by atoms with Crippen LogP contribution in [0.5, 0.6) is 5.88 Å². The van der Waals surface area contributed by atoms with E-state index in [0.29, 0.717) is 24.5 Å². The normalized spacial score (nSPS) is 20.6. The first-order valence-electron chi connectivity index (χ1n) is 8.55. The summed E-state index contributed by atoms with van der Waals surface area (Å²) in [6.07, 6.45) is 4.36. The highest BCUT2D eigenvalue weighted by Gasteiger charge is 2.36. The number of nitrogens with one attached hydrogen (secondary N) is 1. The van der Waals surface area contributed by atoms with Crippen molar-refractivity contribution in [2.45, 2.75) is 44.8 Å². The first kappa shape index (κ1) is 17.4. The van der Waals surface area contributed by atoms with E-state index < -0.39 is 0 Å². The summed E-state index contributed by atoms with van der Waals surface area (Å²) in [5, 5.41) is 16.5. The molecular weight excluding hydrogens is 322 g/mol. The maximum atomic E-state index is 12.6. The van der Waals surface area contributed by atoms with Gasteiger partial charge in [0.1, 0.15) is 5.76 Å². The SMILES string of the molecule is CCCc1cc(C(=O)N[C@@H](c2ccc(OC)nc2)C2CC(O)C2)no1. The third kappa shape index (κ3) is 3.99. The van der Waals surface area contributed by atoms with Crippen molar-refractivity contribution in [2.75, 3.05) is 7.11 Å². The zero-order valence-corrected chi connectivity index (χ0v) is 14.4. The fourth-order valence-electron chi connectivity index (χ4n) is 3.07. The van der Waals surface area contributed by atoms with Gasteiger partial charge in [-0.05, 0) is 30.7 Å². The number of methoxy groups -OCH3 is 1. The molecule has 1 atom stereocenters. The van der Waals surface area contributed by atoms with Gasteiger partial charge in [0.25, 0.3) is 5.91 Å². The summed E-state index contributed by atoms with van der Waals surface area (Å²) in [4.78, 5) is 16.8. The van der Waals surface area contributed by atoms with Gasteiger partial charge in [0.05, 0.1) is 19.3 Å². The topological polar surface area (TPSA) is 97.5 Å². The number of aliphatic hydroxyl groups excluding tert-OH is 1. The van der Waals surface area contributed by atoms with Crippen LogP contribution < -0.4 is 10.1 Å². The Morgan fingerprint density at radius 1 is 1.48 bits per heavy atom. The Balaban J connectivity index is 1.75. The minimum atomic E-state index is -0.307. The first-order valence-corrected chi connectivity index (χ1v) is 8.55. The van der Waals surface area contributed by atoms with Gasteiger partial charge < -0.3 is 19.7 Å². The largest absolute Gasteiger partial charge is 0.481 e. The van der Waals surface area contributed by atoms with Gasteiger partial charge in [-0.25, -0.2) is 4.98 Å². The number of nitrogens with zero attached hydrogens (tertiary/aromatic N) is 2. The van der Waals surface area contributed by atoms with Crippen molar-refractivity contribution in [3.05, 3.63) is 41.4 Å². The standard InChI is InChI=1S/C18H23N3O4/c1-3-4-14-9-15(21-25-14)18(23)20-17(12-7-13(22)8-12)11-5-6-16(24-2)19-10-11/h5-6,9-10,12-13,17,22H,3-4,7-8H2,1-2H3,(H,20,23)/t12?,13?,17-/m0/s1. The van der Waals surface area contributed by atoms with Crippen molar-refractivity contribution >= 4 is 5.91 Å². The van der Waals surface area contributed by atoms with E-state index in [2.05, 4.69) is 15.5 Å². The second-order valence-corrected chi connectivity index (χ2v) is 6.40. The van der Waals surface area contributed by atoms with Gasteiger partial charge in [0.15, 0.2) is 5.69 Å². The monoisotopic (exact) mass is 345 g/mol. The lowest BCUT2D eigenvalue weighted by Gasteiger charge is -2.38. The maximum absolute atomic E-state index is 12.6. The molecule has 25 heavy (non-hydrogen) atoms. The summed E-state index contributed by atoms with van der Waals surface area (Å²) in [7, 11) is 1.56. The molecule has 1 fully saturated rings. The predicted molar refractivity (Wildman–Crippen MR) is 90.2 cm³/mol. The summed E-state index contributed by atoms with van der Waals surface area (Å²) in [5.74, 6) is 1.10. The molecule has 2 N–H and O–H groups in total. The van der Waals surface area contributed by atoms with Gasteiger partial charge >= 0.3 is 0 Å². The van der Waals surface area contributed by atoms with Crippen molar-refractivity contribution in [3.63, 3.8) is 0 Å². The summed E-state index contributed by atoms with van der Waals surface area (Å²) in [6, 6.07) is 5.09. The minimum absolute atomic E-state index is 0.163.